The second-order valence-electron chi connectivity index (χ2n) is 8.74. The van der Waals surface area contributed by atoms with Gasteiger partial charge >= 0.3 is 0 Å². The topological polar surface area (TPSA) is 39.8 Å². The Morgan fingerprint density at radius 1 is 1.04 bits per heavy atom. The minimum Gasteiger partial charge on any atom is -0.379 e. The highest BCUT2D eigenvalue weighted by Gasteiger charge is 2.34. The average Bonchev–Trinajstić information content (AvgIpc) is 3.23. The average molecular weight is 387 g/mol. The minimum atomic E-state index is 0.532. The molecule has 0 spiro atoms. The number of morpholine rings is 1. The normalized spacial score (nSPS) is 30.0. The van der Waals surface area contributed by atoms with Crippen LogP contribution in [0.1, 0.15) is 37.3 Å². The van der Waals surface area contributed by atoms with Gasteiger partial charge in [0.05, 0.1) is 13.2 Å². The maximum atomic E-state index is 5.70. The molecule has 4 rings (SSSR count). The van der Waals surface area contributed by atoms with Crippen molar-refractivity contribution in [2.45, 2.75) is 51.4 Å². The Hall–Kier alpha value is -0.980. The Labute approximate surface area is 170 Å². The predicted octanol–water partition coefficient (Wildman–Crippen LogP) is 2.07. The molecule has 3 aliphatic rings. The lowest BCUT2D eigenvalue weighted by Gasteiger charge is -2.34. The zero-order valence-corrected chi connectivity index (χ0v) is 17.5. The van der Waals surface area contributed by atoms with Crippen LogP contribution < -0.4 is 10.6 Å². The first kappa shape index (κ1) is 20.3. The smallest absolute Gasteiger partial charge is 0.0623 e. The van der Waals surface area contributed by atoms with Gasteiger partial charge in [-0.25, -0.2) is 0 Å². The number of piperazine rings is 1. The predicted molar refractivity (Wildman–Crippen MR) is 114 cm³/mol. The summed E-state index contributed by atoms with van der Waals surface area (Å²) in [5, 5.41) is 7.52. The molecular weight excluding hydrogens is 348 g/mol. The fourth-order valence-corrected chi connectivity index (χ4v) is 5.12. The van der Waals surface area contributed by atoms with Gasteiger partial charge in [0.1, 0.15) is 0 Å². The van der Waals surface area contributed by atoms with Crippen LogP contribution in [0.4, 0.5) is 0 Å². The molecule has 0 aromatic heterocycles. The van der Waals surface area contributed by atoms with Crippen molar-refractivity contribution in [2.75, 3.05) is 52.5 Å². The van der Waals surface area contributed by atoms with E-state index in [-0.39, 0.29) is 0 Å². The summed E-state index contributed by atoms with van der Waals surface area (Å²) < 4.78 is 5.70. The van der Waals surface area contributed by atoms with Crippen LogP contribution in [-0.4, -0.2) is 74.4 Å². The van der Waals surface area contributed by atoms with Crippen molar-refractivity contribution < 1.29 is 4.74 Å². The Bertz CT molecular complexity index is 579. The number of nitrogens with one attached hydrogen (secondary N) is 2. The summed E-state index contributed by atoms with van der Waals surface area (Å²) in [5.41, 5.74) is 2.84. The van der Waals surface area contributed by atoms with Gasteiger partial charge in [0.2, 0.25) is 0 Å². The second kappa shape index (κ2) is 10.2. The monoisotopic (exact) mass is 386 g/mol. The van der Waals surface area contributed by atoms with Crippen molar-refractivity contribution in [3.05, 3.63) is 35.4 Å². The molecule has 0 amide bonds. The maximum Gasteiger partial charge on any atom is 0.0623 e. The van der Waals surface area contributed by atoms with Crippen LogP contribution in [0.5, 0.6) is 0 Å². The summed E-state index contributed by atoms with van der Waals surface area (Å²) in [7, 11) is 0. The Balaban J connectivity index is 1.23. The lowest BCUT2D eigenvalue weighted by molar-refractivity contribution is 0.0524. The van der Waals surface area contributed by atoms with Gasteiger partial charge in [0.15, 0.2) is 0 Å². The molecule has 0 radical (unpaired) electrons. The van der Waals surface area contributed by atoms with Gasteiger partial charge in [-0.2, -0.15) is 0 Å². The molecule has 2 saturated heterocycles. The number of hydrogen-bond donors (Lipinski definition) is 2. The van der Waals surface area contributed by atoms with Crippen LogP contribution in [0.25, 0.3) is 0 Å². The summed E-state index contributed by atoms with van der Waals surface area (Å²) in [6.45, 7) is 13.1. The standard InChI is InChI=1S/C23H38N4O/c1-2-26-11-13-27(14-12-26)17-20-8-6-19(7-9-20)16-25-22-5-3-4-21(22)23-18-28-15-10-24-23/h6-9,21-25H,2-5,10-18H2,1H3. The zero-order chi connectivity index (χ0) is 19.2. The van der Waals surface area contributed by atoms with Gasteiger partial charge in [0.25, 0.3) is 0 Å². The van der Waals surface area contributed by atoms with E-state index in [9.17, 15) is 0 Å². The third-order valence-corrected chi connectivity index (χ3v) is 6.95. The van der Waals surface area contributed by atoms with Crippen LogP contribution >= 0.6 is 0 Å². The number of likely N-dealkylation sites (N-methyl/N-ethyl adjacent to an activating group) is 1. The number of nitrogens with zero attached hydrogens (tertiary/aromatic N) is 2. The number of ether oxygens (including phenoxy) is 1. The van der Waals surface area contributed by atoms with Gasteiger partial charge in [-0.3, -0.25) is 4.90 Å². The molecule has 28 heavy (non-hydrogen) atoms. The van der Waals surface area contributed by atoms with E-state index in [0.29, 0.717) is 18.0 Å². The van der Waals surface area contributed by atoms with Gasteiger partial charge in [0, 0.05) is 57.9 Å². The maximum absolute atomic E-state index is 5.70. The van der Waals surface area contributed by atoms with Gasteiger partial charge < -0.3 is 20.3 Å². The van der Waals surface area contributed by atoms with E-state index in [4.69, 9.17) is 4.74 Å². The molecule has 5 heteroatoms. The van der Waals surface area contributed by atoms with Crippen LogP contribution in [-0.2, 0) is 17.8 Å². The third kappa shape index (κ3) is 5.33. The van der Waals surface area contributed by atoms with E-state index >= 15 is 0 Å². The molecule has 2 heterocycles. The highest BCUT2D eigenvalue weighted by molar-refractivity contribution is 5.22. The molecule has 3 atom stereocenters. The van der Waals surface area contributed by atoms with Gasteiger partial charge in [-0.15, -0.1) is 0 Å². The van der Waals surface area contributed by atoms with E-state index in [0.717, 1.165) is 32.8 Å². The molecule has 156 valence electrons. The molecule has 1 saturated carbocycles. The van der Waals surface area contributed by atoms with Crippen molar-refractivity contribution in [3.8, 4) is 0 Å². The van der Waals surface area contributed by atoms with E-state index < -0.39 is 0 Å². The van der Waals surface area contributed by atoms with E-state index in [2.05, 4.69) is 51.6 Å². The summed E-state index contributed by atoms with van der Waals surface area (Å²) in [5.74, 6) is 0.710. The van der Waals surface area contributed by atoms with Crippen molar-refractivity contribution >= 4 is 0 Å². The molecule has 1 aromatic carbocycles. The highest BCUT2D eigenvalue weighted by Crippen LogP contribution is 2.29. The molecule has 3 unspecified atom stereocenters. The lowest BCUT2D eigenvalue weighted by Crippen LogP contribution is -2.50. The van der Waals surface area contributed by atoms with Crippen molar-refractivity contribution in [3.63, 3.8) is 0 Å². The van der Waals surface area contributed by atoms with E-state index in [1.165, 1.54) is 63.1 Å². The Morgan fingerprint density at radius 2 is 1.79 bits per heavy atom. The lowest BCUT2D eigenvalue weighted by atomic mass is 9.94. The second-order valence-corrected chi connectivity index (χ2v) is 8.74. The largest absolute Gasteiger partial charge is 0.379 e. The first-order valence-electron chi connectivity index (χ1n) is 11.4. The number of rotatable bonds is 7. The molecule has 1 aromatic rings. The molecular formula is C23H38N4O. The van der Waals surface area contributed by atoms with Gasteiger partial charge in [-0.05, 0) is 36.4 Å². The van der Waals surface area contributed by atoms with Crippen LogP contribution in [0.15, 0.2) is 24.3 Å². The zero-order valence-electron chi connectivity index (χ0n) is 17.5. The van der Waals surface area contributed by atoms with Gasteiger partial charge in [-0.1, -0.05) is 37.6 Å². The van der Waals surface area contributed by atoms with Crippen LogP contribution in [0, 0.1) is 5.92 Å². The molecule has 2 aliphatic heterocycles. The van der Waals surface area contributed by atoms with Crippen LogP contribution in [0.3, 0.4) is 0 Å². The first-order chi connectivity index (χ1) is 13.8. The summed E-state index contributed by atoms with van der Waals surface area (Å²) in [6.07, 6.45) is 3.96. The quantitative estimate of drug-likeness (QED) is 0.751. The van der Waals surface area contributed by atoms with E-state index in [1.54, 1.807) is 0 Å². The van der Waals surface area contributed by atoms with E-state index in [1.807, 2.05) is 0 Å². The Kier molecular flexibility index (Phi) is 7.37. The van der Waals surface area contributed by atoms with Crippen molar-refractivity contribution in [1.82, 2.24) is 20.4 Å². The minimum absolute atomic E-state index is 0.532. The molecule has 3 fully saturated rings. The summed E-state index contributed by atoms with van der Waals surface area (Å²) in [6, 6.07) is 10.4. The Morgan fingerprint density at radius 3 is 2.50 bits per heavy atom. The fourth-order valence-electron chi connectivity index (χ4n) is 5.12. The van der Waals surface area contributed by atoms with Crippen molar-refractivity contribution in [1.29, 1.82) is 0 Å². The fraction of sp³-hybridized carbons (Fsp3) is 0.739. The molecule has 0 bridgehead atoms. The number of hydrogen-bond acceptors (Lipinski definition) is 5. The third-order valence-electron chi connectivity index (χ3n) is 6.95. The van der Waals surface area contributed by atoms with Crippen LogP contribution in [0.2, 0.25) is 0 Å². The molecule has 1 aliphatic carbocycles. The summed E-state index contributed by atoms with van der Waals surface area (Å²) in [4.78, 5) is 5.12. The SMILES string of the molecule is CCN1CCN(Cc2ccc(CNC3CCCC3C3COCCN3)cc2)CC1. The number of benzene rings is 1. The molecule has 2 N–H and O–H groups in total. The van der Waals surface area contributed by atoms with Crippen molar-refractivity contribution in [2.24, 2.45) is 5.92 Å². The highest BCUT2D eigenvalue weighted by atomic mass is 16.5. The first-order valence-corrected chi connectivity index (χ1v) is 11.4. The summed E-state index contributed by atoms with van der Waals surface area (Å²) >= 11 is 0. The molecule has 5 nitrogen and oxygen atoms in total.